The summed E-state index contributed by atoms with van der Waals surface area (Å²) < 4.78 is 5.64. The van der Waals surface area contributed by atoms with E-state index in [1.807, 2.05) is 11.3 Å². The third kappa shape index (κ3) is 3.31. The van der Waals surface area contributed by atoms with Crippen LogP contribution in [0.2, 0.25) is 0 Å². The molecule has 1 aromatic rings. The van der Waals surface area contributed by atoms with Gasteiger partial charge >= 0.3 is 0 Å². The Balaban J connectivity index is 2.01. The topological polar surface area (TPSA) is 34.2 Å². The first-order chi connectivity index (χ1) is 8.65. The number of hydrogen-bond acceptors (Lipinski definition) is 4. The van der Waals surface area contributed by atoms with Gasteiger partial charge in [0.25, 0.3) is 0 Å². The van der Waals surface area contributed by atoms with Crippen molar-refractivity contribution in [2.75, 3.05) is 26.3 Å². The highest BCUT2D eigenvalue weighted by molar-refractivity contribution is 7.11. The molecule has 1 aromatic heterocycles. The highest BCUT2D eigenvalue weighted by atomic mass is 32.1. The molecular formula is C14H24N2OS. The number of thiazole rings is 1. The average Bonchev–Trinajstić information content (AvgIpc) is 2.89. The van der Waals surface area contributed by atoms with Crippen LogP contribution in [-0.2, 0) is 11.2 Å². The van der Waals surface area contributed by atoms with E-state index in [1.54, 1.807) is 0 Å². The van der Waals surface area contributed by atoms with E-state index in [0.29, 0.717) is 0 Å². The molecule has 1 atom stereocenters. The summed E-state index contributed by atoms with van der Waals surface area (Å²) in [5, 5.41) is 4.83. The van der Waals surface area contributed by atoms with Crippen LogP contribution in [0.5, 0.6) is 0 Å². The molecule has 1 fully saturated rings. The average molecular weight is 268 g/mol. The summed E-state index contributed by atoms with van der Waals surface area (Å²) in [4.78, 5) is 6.03. The minimum absolute atomic E-state index is 0.270. The van der Waals surface area contributed by atoms with E-state index in [4.69, 9.17) is 4.74 Å². The second kappa shape index (κ2) is 6.13. The fourth-order valence-electron chi connectivity index (χ4n) is 2.46. The fraction of sp³-hybridized carbons (Fsp3) is 0.786. The molecule has 1 aliphatic heterocycles. The normalized spacial score (nSPS) is 23.7. The first-order valence-electron chi connectivity index (χ1n) is 6.86. The van der Waals surface area contributed by atoms with E-state index in [1.165, 1.54) is 22.0 Å². The van der Waals surface area contributed by atoms with Crippen LogP contribution in [0.3, 0.4) is 0 Å². The van der Waals surface area contributed by atoms with Crippen molar-refractivity contribution in [3.63, 3.8) is 0 Å². The van der Waals surface area contributed by atoms with Gasteiger partial charge in [-0.3, -0.25) is 0 Å². The minimum atomic E-state index is 0.270. The molecule has 1 aliphatic rings. The summed E-state index contributed by atoms with van der Waals surface area (Å²) in [6, 6.07) is 0. The second-order valence-corrected chi connectivity index (χ2v) is 6.69. The van der Waals surface area contributed by atoms with Crippen molar-refractivity contribution in [3.05, 3.63) is 15.6 Å². The monoisotopic (exact) mass is 268 g/mol. The Hall–Kier alpha value is -0.450. The predicted octanol–water partition coefficient (Wildman–Crippen LogP) is 2.71. The summed E-state index contributed by atoms with van der Waals surface area (Å²) in [6.07, 6.45) is 3.40. The molecule has 0 aromatic carbocycles. The molecule has 0 aliphatic carbocycles. The van der Waals surface area contributed by atoms with Crippen molar-refractivity contribution in [1.82, 2.24) is 10.3 Å². The Morgan fingerprint density at radius 2 is 2.28 bits per heavy atom. The molecule has 1 N–H and O–H groups in total. The molecule has 0 saturated carbocycles. The standard InChI is InChI=1S/C14H24N2OS/c1-4-6-15-9-14(5-7-17-10-14)8-13-16-11(2)12(3)18-13/h15H,4-10H2,1-3H3. The lowest BCUT2D eigenvalue weighted by Crippen LogP contribution is -2.37. The molecular weight excluding hydrogens is 244 g/mol. The third-order valence-electron chi connectivity index (χ3n) is 3.71. The van der Waals surface area contributed by atoms with Crippen LogP contribution in [0.25, 0.3) is 0 Å². The van der Waals surface area contributed by atoms with E-state index in [0.717, 1.165) is 39.1 Å². The van der Waals surface area contributed by atoms with Crippen molar-refractivity contribution < 1.29 is 4.74 Å². The summed E-state index contributed by atoms with van der Waals surface area (Å²) in [7, 11) is 0. The number of nitrogens with zero attached hydrogens (tertiary/aromatic N) is 1. The molecule has 1 unspecified atom stereocenters. The van der Waals surface area contributed by atoms with Crippen molar-refractivity contribution >= 4 is 11.3 Å². The van der Waals surface area contributed by atoms with Gasteiger partial charge in [0.05, 0.1) is 17.3 Å². The molecule has 3 nitrogen and oxygen atoms in total. The van der Waals surface area contributed by atoms with Crippen molar-refractivity contribution in [1.29, 1.82) is 0 Å². The maximum Gasteiger partial charge on any atom is 0.0937 e. The zero-order valence-corrected chi connectivity index (χ0v) is 12.5. The van der Waals surface area contributed by atoms with Crippen molar-refractivity contribution in [2.45, 2.75) is 40.0 Å². The van der Waals surface area contributed by atoms with Crippen LogP contribution >= 0.6 is 11.3 Å². The lowest BCUT2D eigenvalue weighted by Gasteiger charge is -2.26. The molecule has 2 heterocycles. The minimum Gasteiger partial charge on any atom is -0.381 e. The Bertz CT molecular complexity index is 364. The summed E-state index contributed by atoms with van der Waals surface area (Å²) in [5.41, 5.74) is 1.46. The van der Waals surface area contributed by atoms with E-state index in [9.17, 15) is 0 Å². The molecule has 0 amide bonds. The zero-order chi connectivity index (χ0) is 13.0. The van der Waals surface area contributed by atoms with Gasteiger partial charge < -0.3 is 10.1 Å². The second-order valence-electron chi connectivity index (χ2n) is 5.41. The summed E-state index contributed by atoms with van der Waals surface area (Å²) >= 11 is 1.84. The maximum atomic E-state index is 5.64. The molecule has 0 bridgehead atoms. The Kier molecular flexibility index (Phi) is 4.76. The SMILES string of the molecule is CCCNCC1(Cc2nc(C)c(C)s2)CCOC1. The number of aryl methyl sites for hydroxylation is 2. The molecule has 102 valence electrons. The van der Waals surface area contributed by atoms with Crippen LogP contribution in [0, 0.1) is 19.3 Å². The number of aromatic nitrogens is 1. The Labute approximate surface area is 114 Å². The number of hydrogen-bond donors (Lipinski definition) is 1. The van der Waals surface area contributed by atoms with Crippen LogP contribution < -0.4 is 5.32 Å². The van der Waals surface area contributed by atoms with E-state index >= 15 is 0 Å². The molecule has 0 spiro atoms. The maximum absolute atomic E-state index is 5.64. The number of ether oxygens (including phenoxy) is 1. The zero-order valence-electron chi connectivity index (χ0n) is 11.7. The summed E-state index contributed by atoms with van der Waals surface area (Å²) in [6.45, 7) is 10.4. The number of nitrogens with one attached hydrogen (secondary N) is 1. The Morgan fingerprint density at radius 3 is 2.83 bits per heavy atom. The van der Waals surface area contributed by atoms with Crippen LogP contribution in [0.4, 0.5) is 0 Å². The van der Waals surface area contributed by atoms with Gasteiger partial charge in [-0.2, -0.15) is 0 Å². The quantitative estimate of drug-likeness (QED) is 0.806. The van der Waals surface area contributed by atoms with Crippen LogP contribution in [-0.4, -0.2) is 31.3 Å². The van der Waals surface area contributed by atoms with E-state index < -0.39 is 0 Å². The third-order valence-corrected chi connectivity index (χ3v) is 4.78. The van der Waals surface area contributed by atoms with Crippen molar-refractivity contribution in [3.8, 4) is 0 Å². The smallest absolute Gasteiger partial charge is 0.0937 e. The predicted molar refractivity (Wildman–Crippen MR) is 76.3 cm³/mol. The molecule has 1 saturated heterocycles. The van der Waals surface area contributed by atoms with E-state index in [2.05, 4.69) is 31.1 Å². The van der Waals surface area contributed by atoms with Gasteiger partial charge in [-0.25, -0.2) is 4.98 Å². The van der Waals surface area contributed by atoms with Gasteiger partial charge in [-0.1, -0.05) is 6.92 Å². The highest BCUT2D eigenvalue weighted by Gasteiger charge is 2.35. The van der Waals surface area contributed by atoms with Gasteiger partial charge in [0.2, 0.25) is 0 Å². The van der Waals surface area contributed by atoms with Crippen molar-refractivity contribution in [2.24, 2.45) is 5.41 Å². The molecule has 0 radical (unpaired) electrons. The number of rotatable bonds is 6. The van der Waals surface area contributed by atoms with Gasteiger partial charge in [0.1, 0.15) is 0 Å². The lowest BCUT2D eigenvalue weighted by atomic mass is 9.84. The largest absolute Gasteiger partial charge is 0.381 e. The fourth-order valence-corrected chi connectivity index (χ4v) is 3.56. The lowest BCUT2D eigenvalue weighted by molar-refractivity contribution is 0.149. The first-order valence-corrected chi connectivity index (χ1v) is 7.68. The van der Waals surface area contributed by atoms with E-state index in [-0.39, 0.29) is 5.41 Å². The van der Waals surface area contributed by atoms with Crippen LogP contribution in [0.15, 0.2) is 0 Å². The van der Waals surface area contributed by atoms with Gasteiger partial charge in [-0.15, -0.1) is 11.3 Å². The van der Waals surface area contributed by atoms with Gasteiger partial charge in [0, 0.05) is 29.9 Å². The Morgan fingerprint density at radius 1 is 1.44 bits per heavy atom. The van der Waals surface area contributed by atoms with Crippen LogP contribution in [0.1, 0.15) is 35.3 Å². The molecule has 2 rings (SSSR count). The highest BCUT2D eigenvalue weighted by Crippen LogP contribution is 2.33. The molecule has 18 heavy (non-hydrogen) atoms. The molecule has 4 heteroatoms. The van der Waals surface area contributed by atoms with Gasteiger partial charge in [-0.05, 0) is 33.2 Å². The van der Waals surface area contributed by atoms with Gasteiger partial charge in [0.15, 0.2) is 0 Å². The summed E-state index contributed by atoms with van der Waals surface area (Å²) in [5.74, 6) is 0. The first kappa shape index (κ1) is 14.0.